The first kappa shape index (κ1) is 17.0. The van der Waals surface area contributed by atoms with Gasteiger partial charge in [0.2, 0.25) is 5.91 Å². The first-order valence-electron chi connectivity index (χ1n) is 8.61. The Labute approximate surface area is 145 Å². The Morgan fingerprint density at radius 2 is 2.08 bits per heavy atom. The van der Waals surface area contributed by atoms with Crippen LogP contribution in [0.2, 0.25) is 0 Å². The van der Waals surface area contributed by atoms with Crippen molar-refractivity contribution >= 4 is 22.3 Å². The number of urea groups is 1. The lowest BCUT2D eigenvalue weighted by molar-refractivity contribution is -0.127. The van der Waals surface area contributed by atoms with Crippen LogP contribution in [-0.2, 0) is 19.5 Å². The fourth-order valence-corrected chi connectivity index (χ4v) is 5.01. The third kappa shape index (κ3) is 3.33. The second-order valence-corrected chi connectivity index (χ2v) is 8.40. The van der Waals surface area contributed by atoms with Crippen LogP contribution in [0.4, 0.5) is 4.79 Å². The van der Waals surface area contributed by atoms with Gasteiger partial charge < -0.3 is 15.5 Å². The number of hydrogen-bond donors (Lipinski definition) is 3. The van der Waals surface area contributed by atoms with Crippen LogP contribution in [0, 0.1) is 5.92 Å². The highest BCUT2D eigenvalue weighted by atomic mass is 32.3. The summed E-state index contributed by atoms with van der Waals surface area (Å²) in [5, 5.41) is 7.16. The van der Waals surface area contributed by atoms with Crippen LogP contribution < -0.4 is 10.6 Å². The predicted octanol–water partition coefficient (Wildman–Crippen LogP) is -0.754. The lowest BCUT2D eigenvalue weighted by Crippen LogP contribution is -2.53. The van der Waals surface area contributed by atoms with Crippen molar-refractivity contribution in [1.29, 1.82) is 0 Å². The van der Waals surface area contributed by atoms with Crippen molar-refractivity contribution in [3.8, 4) is 0 Å². The van der Waals surface area contributed by atoms with Crippen LogP contribution in [0.3, 0.4) is 0 Å². The van der Waals surface area contributed by atoms with Gasteiger partial charge in [0.25, 0.3) is 0 Å². The molecule has 3 amide bonds. The van der Waals surface area contributed by atoms with E-state index in [0.717, 1.165) is 25.8 Å². The molecular formula is C14H22N4O6S. The van der Waals surface area contributed by atoms with Gasteiger partial charge in [-0.15, -0.1) is 4.28 Å². The Balaban J connectivity index is 1.40. The van der Waals surface area contributed by atoms with E-state index in [1.807, 2.05) is 0 Å². The number of fused-ring (bicyclic) bond motifs is 4. The summed E-state index contributed by atoms with van der Waals surface area (Å²) >= 11 is 0. The molecule has 2 unspecified atom stereocenters. The average molecular weight is 374 g/mol. The number of carbonyl (C=O) groups is 2. The van der Waals surface area contributed by atoms with E-state index in [0.29, 0.717) is 29.9 Å². The van der Waals surface area contributed by atoms with Gasteiger partial charge in [-0.2, -0.15) is 13.5 Å². The first-order chi connectivity index (χ1) is 11.8. The van der Waals surface area contributed by atoms with Gasteiger partial charge >= 0.3 is 16.4 Å². The molecule has 5 atom stereocenters. The number of nitrogens with one attached hydrogen (secondary N) is 2. The molecule has 0 radical (unpaired) electrons. The van der Waals surface area contributed by atoms with E-state index in [9.17, 15) is 18.0 Å². The summed E-state index contributed by atoms with van der Waals surface area (Å²) in [6.07, 6.45) is 3.86. The zero-order chi connectivity index (χ0) is 17.8. The largest absolute Gasteiger partial charge is 0.418 e. The van der Waals surface area contributed by atoms with Crippen molar-refractivity contribution in [1.82, 2.24) is 20.6 Å². The number of piperidine rings is 1. The SMILES string of the molecule is O=C(N[C@H]1CC2CNC(C2)C1)[C@@H]1CC[C@@H]2CN1C(=O)N2OS(=O)(=O)O. The van der Waals surface area contributed by atoms with Gasteiger partial charge in [0.15, 0.2) is 0 Å². The summed E-state index contributed by atoms with van der Waals surface area (Å²) < 4.78 is 35.0. The van der Waals surface area contributed by atoms with Crippen molar-refractivity contribution in [2.45, 2.75) is 56.3 Å². The van der Waals surface area contributed by atoms with E-state index >= 15 is 0 Å². The zero-order valence-corrected chi connectivity index (χ0v) is 14.4. The lowest BCUT2D eigenvalue weighted by atomic mass is 9.86. The van der Waals surface area contributed by atoms with Crippen molar-refractivity contribution in [2.24, 2.45) is 5.92 Å². The molecule has 3 aliphatic heterocycles. The number of hydroxylamine groups is 2. The molecule has 1 aliphatic carbocycles. The Kier molecular flexibility index (Phi) is 4.13. The molecule has 4 bridgehead atoms. The molecule has 0 aromatic carbocycles. The quantitative estimate of drug-likeness (QED) is 0.552. The summed E-state index contributed by atoms with van der Waals surface area (Å²) in [6, 6.07) is -1.26. The van der Waals surface area contributed by atoms with Crippen molar-refractivity contribution in [3.05, 3.63) is 0 Å². The monoisotopic (exact) mass is 374 g/mol. The van der Waals surface area contributed by atoms with Gasteiger partial charge in [0.05, 0.1) is 6.04 Å². The molecule has 4 fully saturated rings. The average Bonchev–Trinajstić information content (AvgIpc) is 2.98. The van der Waals surface area contributed by atoms with E-state index < -0.39 is 28.5 Å². The third-order valence-corrected chi connectivity index (χ3v) is 6.00. The Hall–Kier alpha value is -1.43. The summed E-state index contributed by atoms with van der Waals surface area (Å²) in [4.78, 5) is 26.3. The molecule has 0 spiro atoms. The molecule has 4 aliphatic rings. The van der Waals surface area contributed by atoms with E-state index in [1.54, 1.807) is 0 Å². The van der Waals surface area contributed by atoms with Crippen LogP contribution in [0.5, 0.6) is 0 Å². The van der Waals surface area contributed by atoms with Crippen molar-refractivity contribution in [3.63, 3.8) is 0 Å². The molecule has 3 saturated heterocycles. The van der Waals surface area contributed by atoms with E-state index in [2.05, 4.69) is 14.9 Å². The highest BCUT2D eigenvalue weighted by Gasteiger charge is 2.49. The highest BCUT2D eigenvalue weighted by molar-refractivity contribution is 7.80. The number of hydrogen-bond acceptors (Lipinski definition) is 6. The second-order valence-electron chi connectivity index (χ2n) is 7.39. The van der Waals surface area contributed by atoms with E-state index in [4.69, 9.17) is 4.55 Å². The van der Waals surface area contributed by atoms with Gasteiger partial charge in [-0.1, -0.05) is 0 Å². The Morgan fingerprint density at radius 3 is 2.80 bits per heavy atom. The van der Waals surface area contributed by atoms with Crippen LogP contribution in [0.1, 0.15) is 32.1 Å². The smallest absolute Gasteiger partial charge is 0.352 e. The van der Waals surface area contributed by atoms with Crippen molar-refractivity contribution < 1.29 is 26.8 Å². The third-order valence-electron chi connectivity index (χ3n) is 5.65. The molecule has 0 aromatic heterocycles. The standard InChI is InChI=1S/C14H22N4O6S/c19-13(16-10-4-8-3-9(5-10)15-6-8)12-2-1-11-7-17(12)14(20)18(11)24-25(21,22)23/h8-12,15H,1-7H2,(H,16,19)(H,21,22,23)/t8?,9?,10-,11+,12-/m0/s1. The van der Waals surface area contributed by atoms with Gasteiger partial charge in [-0.05, 0) is 44.6 Å². The first-order valence-corrected chi connectivity index (χ1v) is 9.97. The number of carbonyl (C=O) groups excluding carboxylic acids is 2. The molecule has 1 saturated carbocycles. The topological polar surface area (TPSA) is 128 Å². The molecule has 25 heavy (non-hydrogen) atoms. The number of amides is 3. The summed E-state index contributed by atoms with van der Waals surface area (Å²) in [6.45, 7) is 1.21. The highest BCUT2D eigenvalue weighted by Crippen LogP contribution is 2.32. The Bertz CT molecular complexity index is 673. The summed E-state index contributed by atoms with van der Waals surface area (Å²) in [5.41, 5.74) is 0. The molecule has 10 nitrogen and oxygen atoms in total. The van der Waals surface area contributed by atoms with E-state index in [1.165, 1.54) is 4.90 Å². The van der Waals surface area contributed by atoms with Gasteiger partial charge in [0.1, 0.15) is 6.04 Å². The minimum atomic E-state index is -4.77. The molecule has 4 rings (SSSR count). The Morgan fingerprint density at radius 1 is 1.28 bits per heavy atom. The molecule has 140 valence electrons. The van der Waals surface area contributed by atoms with E-state index in [-0.39, 0.29) is 18.5 Å². The summed E-state index contributed by atoms with van der Waals surface area (Å²) in [7, 11) is -4.77. The maximum Gasteiger partial charge on any atom is 0.418 e. The van der Waals surface area contributed by atoms with Crippen LogP contribution in [-0.4, -0.2) is 72.1 Å². The van der Waals surface area contributed by atoms with Crippen LogP contribution in [0.15, 0.2) is 0 Å². The maximum atomic E-state index is 12.7. The van der Waals surface area contributed by atoms with Crippen LogP contribution in [0.25, 0.3) is 0 Å². The van der Waals surface area contributed by atoms with Gasteiger partial charge in [-0.3, -0.25) is 9.35 Å². The lowest BCUT2D eigenvalue weighted by Gasteiger charge is -2.33. The fraction of sp³-hybridized carbons (Fsp3) is 0.857. The second kappa shape index (κ2) is 6.08. The molecule has 3 N–H and O–H groups in total. The zero-order valence-electron chi connectivity index (χ0n) is 13.6. The van der Waals surface area contributed by atoms with Crippen molar-refractivity contribution in [2.75, 3.05) is 13.1 Å². The maximum absolute atomic E-state index is 12.7. The summed E-state index contributed by atoms with van der Waals surface area (Å²) in [5.74, 6) is 0.388. The normalized spacial score (nSPS) is 37.5. The minimum absolute atomic E-state index is 0.104. The molecule has 0 aromatic rings. The fourth-order valence-electron chi connectivity index (χ4n) is 4.62. The molecule has 3 heterocycles. The molecular weight excluding hydrogens is 352 g/mol. The number of nitrogens with zero attached hydrogens (tertiary/aromatic N) is 2. The molecule has 11 heteroatoms. The van der Waals surface area contributed by atoms with Crippen LogP contribution >= 0.6 is 0 Å². The van der Waals surface area contributed by atoms with Gasteiger partial charge in [-0.25, -0.2) is 4.79 Å². The number of rotatable bonds is 4. The predicted molar refractivity (Wildman–Crippen MR) is 84.4 cm³/mol. The van der Waals surface area contributed by atoms with Gasteiger partial charge in [0, 0.05) is 18.6 Å². The minimum Gasteiger partial charge on any atom is -0.352 e.